The zero-order valence-corrected chi connectivity index (χ0v) is 23.1. The van der Waals surface area contributed by atoms with Crippen molar-refractivity contribution in [3.8, 4) is 0 Å². The van der Waals surface area contributed by atoms with E-state index in [4.69, 9.17) is 0 Å². The van der Waals surface area contributed by atoms with Crippen LogP contribution in [0, 0.1) is 6.92 Å². The molecule has 0 aliphatic carbocycles. The lowest BCUT2D eigenvalue weighted by Gasteiger charge is -2.24. The van der Waals surface area contributed by atoms with Crippen molar-refractivity contribution in [2.45, 2.75) is 43.9 Å². The summed E-state index contributed by atoms with van der Waals surface area (Å²) in [6.07, 6.45) is 0.797. The summed E-state index contributed by atoms with van der Waals surface area (Å²) in [5.41, 5.74) is 2.69. The molecule has 0 atom stereocenters. The van der Waals surface area contributed by atoms with Crippen molar-refractivity contribution in [3.63, 3.8) is 0 Å². The minimum Gasteiger partial charge on any atom is -0.325 e. The molecule has 1 amide bonds. The topological polar surface area (TPSA) is 104 Å². The van der Waals surface area contributed by atoms with Crippen molar-refractivity contribution in [1.82, 2.24) is 4.31 Å². The van der Waals surface area contributed by atoms with Gasteiger partial charge in [0.25, 0.3) is 10.0 Å². The summed E-state index contributed by atoms with van der Waals surface area (Å²) >= 11 is 0. The van der Waals surface area contributed by atoms with Gasteiger partial charge in [-0.1, -0.05) is 50.6 Å². The highest BCUT2D eigenvalue weighted by atomic mass is 32.2. The van der Waals surface area contributed by atoms with Crippen LogP contribution in [0.3, 0.4) is 0 Å². The zero-order valence-electron chi connectivity index (χ0n) is 21.5. The van der Waals surface area contributed by atoms with E-state index < -0.39 is 32.5 Å². The molecule has 0 fully saturated rings. The number of nitrogens with zero attached hydrogens (tertiary/aromatic N) is 2. The lowest BCUT2D eigenvalue weighted by Crippen LogP contribution is -2.38. The number of anilines is 2. The van der Waals surface area contributed by atoms with Gasteiger partial charge >= 0.3 is 0 Å². The SMILES string of the molecule is CCc1ccc(N(CC(=O)Nc2ccc(S(=O)(=O)N(CC)CC)cc2)S(=O)(=O)c2ccc(C)cc2)cc1. The third-order valence-electron chi connectivity index (χ3n) is 6.01. The first kappa shape index (κ1) is 28.4. The Labute approximate surface area is 220 Å². The lowest BCUT2D eigenvalue weighted by molar-refractivity contribution is -0.114. The molecule has 8 nitrogen and oxygen atoms in total. The molecule has 0 bridgehead atoms. The molecule has 3 rings (SSSR count). The normalized spacial score (nSPS) is 11.9. The van der Waals surface area contributed by atoms with E-state index in [1.165, 1.54) is 40.7 Å². The first-order chi connectivity index (χ1) is 17.5. The van der Waals surface area contributed by atoms with Gasteiger partial charge in [0.2, 0.25) is 15.9 Å². The van der Waals surface area contributed by atoms with Gasteiger partial charge in [-0.2, -0.15) is 4.31 Å². The Morgan fingerprint density at radius 2 is 1.24 bits per heavy atom. The quantitative estimate of drug-likeness (QED) is 0.386. The van der Waals surface area contributed by atoms with Crippen LogP contribution < -0.4 is 9.62 Å². The summed E-state index contributed by atoms with van der Waals surface area (Å²) in [5.74, 6) is -0.561. The second-order valence-corrected chi connectivity index (χ2v) is 12.3. The van der Waals surface area contributed by atoms with Crippen molar-refractivity contribution in [2.24, 2.45) is 0 Å². The molecular formula is C27H33N3O5S2. The lowest BCUT2D eigenvalue weighted by atomic mass is 10.1. The molecule has 0 saturated heterocycles. The van der Waals surface area contributed by atoms with Crippen LogP contribution >= 0.6 is 0 Å². The number of hydrogen-bond donors (Lipinski definition) is 1. The molecule has 0 aliphatic heterocycles. The van der Waals surface area contributed by atoms with E-state index in [9.17, 15) is 21.6 Å². The second-order valence-electron chi connectivity index (χ2n) is 8.51. The summed E-state index contributed by atoms with van der Waals surface area (Å²) < 4.78 is 54.9. The molecule has 198 valence electrons. The van der Waals surface area contributed by atoms with Gasteiger partial charge in [-0.05, 0) is 67.4 Å². The Kier molecular flexibility index (Phi) is 9.12. The summed E-state index contributed by atoms with van der Waals surface area (Å²) in [4.78, 5) is 13.2. The molecule has 3 aromatic rings. The van der Waals surface area contributed by atoms with Crippen molar-refractivity contribution in [3.05, 3.63) is 83.9 Å². The smallest absolute Gasteiger partial charge is 0.264 e. The van der Waals surface area contributed by atoms with Gasteiger partial charge in [0.1, 0.15) is 6.54 Å². The maximum absolute atomic E-state index is 13.5. The van der Waals surface area contributed by atoms with E-state index >= 15 is 0 Å². The van der Waals surface area contributed by atoms with Gasteiger partial charge in [-0.15, -0.1) is 0 Å². The monoisotopic (exact) mass is 543 g/mol. The Hall–Kier alpha value is -3.21. The van der Waals surface area contributed by atoms with Gasteiger partial charge in [0, 0.05) is 18.8 Å². The van der Waals surface area contributed by atoms with Gasteiger partial charge < -0.3 is 5.32 Å². The van der Waals surface area contributed by atoms with Crippen LogP contribution in [0.5, 0.6) is 0 Å². The number of aryl methyl sites for hydroxylation is 2. The fourth-order valence-electron chi connectivity index (χ4n) is 3.80. The first-order valence-electron chi connectivity index (χ1n) is 12.1. The Morgan fingerprint density at radius 1 is 0.730 bits per heavy atom. The minimum absolute atomic E-state index is 0.0800. The molecule has 0 aliphatic rings. The number of benzene rings is 3. The molecule has 0 radical (unpaired) electrons. The second kappa shape index (κ2) is 11.9. The van der Waals surface area contributed by atoms with E-state index in [0.717, 1.165) is 21.9 Å². The number of hydrogen-bond acceptors (Lipinski definition) is 5. The molecule has 0 aromatic heterocycles. The maximum Gasteiger partial charge on any atom is 0.264 e. The van der Waals surface area contributed by atoms with Crippen LogP contribution in [0.15, 0.2) is 82.6 Å². The summed E-state index contributed by atoms with van der Waals surface area (Å²) in [6.45, 7) is 7.64. The van der Waals surface area contributed by atoms with Crippen LogP contribution in [0.2, 0.25) is 0 Å². The van der Waals surface area contributed by atoms with Crippen molar-refractivity contribution in [2.75, 3.05) is 29.3 Å². The molecule has 37 heavy (non-hydrogen) atoms. The fraction of sp³-hybridized carbons (Fsp3) is 0.296. The van der Waals surface area contributed by atoms with E-state index in [1.54, 1.807) is 38.1 Å². The number of sulfonamides is 2. The highest BCUT2D eigenvalue weighted by Gasteiger charge is 2.27. The molecule has 0 spiro atoms. The molecule has 1 N–H and O–H groups in total. The standard InChI is InChI=1S/C27H33N3O5S2/c1-5-22-10-14-24(15-11-22)30(37(34,35)26-16-8-21(4)9-17-26)20-27(31)28-23-12-18-25(19-13-23)36(32,33)29(6-2)7-3/h8-19H,5-7,20H2,1-4H3,(H,28,31). The Balaban J connectivity index is 1.86. The Morgan fingerprint density at radius 3 is 1.76 bits per heavy atom. The van der Waals surface area contributed by atoms with Gasteiger partial charge in [-0.3, -0.25) is 9.10 Å². The summed E-state index contributed by atoms with van der Waals surface area (Å²) in [6, 6.07) is 19.3. The van der Waals surface area contributed by atoms with Gasteiger partial charge in [-0.25, -0.2) is 16.8 Å². The van der Waals surface area contributed by atoms with E-state index in [1.807, 2.05) is 26.0 Å². The van der Waals surface area contributed by atoms with Crippen LogP contribution in [-0.2, 0) is 31.3 Å². The van der Waals surface area contributed by atoms with E-state index in [-0.39, 0.29) is 9.79 Å². The molecule has 0 unspecified atom stereocenters. The van der Waals surface area contributed by atoms with Crippen LogP contribution in [0.1, 0.15) is 31.9 Å². The van der Waals surface area contributed by atoms with Crippen molar-refractivity contribution >= 4 is 37.3 Å². The van der Waals surface area contributed by atoms with Crippen LogP contribution in [0.4, 0.5) is 11.4 Å². The van der Waals surface area contributed by atoms with Gasteiger partial charge in [0.15, 0.2) is 0 Å². The average molecular weight is 544 g/mol. The first-order valence-corrected chi connectivity index (χ1v) is 15.0. The third kappa shape index (κ3) is 6.57. The largest absolute Gasteiger partial charge is 0.325 e. The molecule has 3 aromatic carbocycles. The maximum atomic E-state index is 13.5. The Bertz CT molecular complexity index is 1410. The highest BCUT2D eigenvalue weighted by molar-refractivity contribution is 7.92. The molecule has 10 heteroatoms. The third-order valence-corrected chi connectivity index (χ3v) is 9.86. The summed E-state index contributed by atoms with van der Waals surface area (Å²) in [7, 11) is -7.66. The molecule has 0 heterocycles. The zero-order chi connectivity index (χ0) is 27.2. The number of carbonyl (C=O) groups excluding carboxylic acids is 1. The highest BCUT2D eigenvalue weighted by Crippen LogP contribution is 2.25. The number of amides is 1. The number of rotatable bonds is 11. The molecule has 0 saturated carbocycles. The number of carbonyl (C=O) groups is 1. The van der Waals surface area contributed by atoms with Crippen molar-refractivity contribution in [1.29, 1.82) is 0 Å². The minimum atomic E-state index is -4.03. The van der Waals surface area contributed by atoms with Gasteiger partial charge in [0.05, 0.1) is 15.5 Å². The summed E-state index contributed by atoms with van der Waals surface area (Å²) in [5, 5.41) is 2.68. The van der Waals surface area contributed by atoms with Crippen LogP contribution in [-0.4, -0.2) is 46.7 Å². The van der Waals surface area contributed by atoms with E-state index in [0.29, 0.717) is 24.5 Å². The number of nitrogens with one attached hydrogen (secondary N) is 1. The van der Waals surface area contributed by atoms with Crippen molar-refractivity contribution < 1.29 is 21.6 Å². The van der Waals surface area contributed by atoms with E-state index in [2.05, 4.69) is 5.32 Å². The van der Waals surface area contributed by atoms with Crippen LogP contribution in [0.25, 0.3) is 0 Å². The molecular weight excluding hydrogens is 510 g/mol. The predicted molar refractivity (Wildman–Crippen MR) is 147 cm³/mol. The average Bonchev–Trinajstić information content (AvgIpc) is 2.88. The fourth-order valence-corrected chi connectivity index (χ4v) is 6.68. The predicted octanol–water partition coefficient (Wildman–Crippen LogP) is 4.42.